The van der Waals surface area contributed by atoms with Gasteiger partial charge in [0.25, 0.3) is 0 Å². The van der Waals surface area contributed by atoms with Crippen LogP contribution < -0.4 is 0 Å². The highest BCUT2D eigenvalue weighted by atomic mass is 32.2. The quantitative estimate of drug-likeness (QED) is 0.533. The number of fused-ring (bicyclic) bond motifs is 3. The second kappa shape index (κ2) is 5.81. The third kappa shape index (κ3) is 2.64. The van der Waals surface area contributed by atoms with Crippen molar-refractivity contribution in [2.24, 2.45) is 0 Å². The van der Waals surface area contributed by atoms with E-state index >= 15 is 0 Å². The van der Waals surface area contributed by atoms with E-state index in [0.717, 1.165) is 29.5 Å². The topological polar surface area (TPSA) is 33.4 Å². The number of aromatic nitrogens is 3. The fourth-order valence-corrected chi connectivity index (χ4v) is 3.13. The molecule has 5 heteroatoms. The molecule has 0 bridgehead atoms. The van der Waals surface area contributed by atoms with E-state index in [0.29, 0.717) is 0 Å². The molecule has 0 spiro atoms. The fraction of sp³-hybridized carbons (Fsp3) is 0.333. The van der Waals surface area contributed by atoms with Gasteiger partial charge in [-0.15, -0.1) is 10.2 Å². The first-order chi connectivity index (χ1) is 9.75. The summed E-state index contributed by atoms with van der Waals surface area (Å²) in [6.07, 6.45) is 1.15. The molecule has 0 saturated carbocycles. The molecule has 0 saturated heterocycles. The summed E-state index contributed by atoms with van der Waals surface area (Å²) in [6, 6.07) is 12.5. The Morgan fingerprint density at radius 1 is 1.10 bits per heavy atom. The lowest BCUT2D eigenvalue weighted by molar-refractivity contribution is 0.410. The van der Waals surface area contributed by atoms with Crippen molar-refractivity contribution in [1.82, 2.24) is 19.5 Å². The third-order valence-corrected chi connectivity index (χ3v) is 4.24. The van der Waals surface area contributed by atoms with E-state index < -0.39 is 0 Å². The van der Waals surface area contributed by atoms with Gasteiger partial charge in [-0.3, -0.25) is 4.40 Å². The van der Waals surface area contributed by atoms with Crippen LogP contribution in [0.5, 0.6) is 0 Å². The van der Waals surface area contributed by atoms with Gasteiger partial charge in [-0.1, -0.05) is 30.0 Å². The normalized spacial score (nSPS) is 11.8. The lowest BCUT2D eigenvalue weighted by Crippen LogP contribution is -2.13. The van der Waals surface area contributed by atoms with Crippen LogP contribution in [0.4, 0.5) is 0 Å². The van der Waals surface area contributed by atoms with Gasteiger partial charge in [-0.2, -0.15) is 0 Å². The van der Waals surface area contributed by atoms with Crippen LogP contribution in [0, 0.1) is 0 Å². The largest absolute Gasteiger partial charge is 0.309 e. The van der Waals surface area contributed by atoms with Crippen molar-refractivity contribution in [2.75, 3.05) is 26.4 Å². The zero-order chi connectivity index (χ0) is 13.9. The Hall–Kier alpha value is -1.59. The van der Waals surface area contributed by atoms with Gasteiger partial charge < -0.3 is 4.90 Å². The maximum Gasteiger partial charge on any atom is 0.196 e. The average molecular weight is 286 g/mol. The van der Waals surface area contributed by atoms with Gasteiger partial charge in [0, 0.05) is 5.75 Å². The molecule has 0 aliphatic heterocycles. The Labute approximate surface area is 122 Å². The summed E-state index contributed by atoms with van der Waals surface area (Å²) < 4.78 is 2.15. The molecule has 2 aromatic heterocycles. The van der Waals surface area contributed by atoms with Crippen LogP contribution >= 0.6 is 11.8 Å². The van der Waals surface area contributed by atoms with Gasteiger partial charge in [0.2, 0.25) is 0 Å². The molecule has 0 unspecified atom stereocenters. The maximum atomic E-state index is 4.32. The summed E-state index contributed by atoms with van der Waals surface area (Å²) in [5.41, 5.74) is 2.09. The molecule has 3 aromatic rings. The van der Waals surface area contributed by atoms with Crippen molar-refractivity contribution in [3.05, 3.63) is 36.4 Å². The number of rotatable bonds is 5. The van der Waals surface area contributed by atoms with Gasteiger partial charge in [-0.25, -0.2) is 0 Å². The van der Waals surface area contributed by atoms with Crippen LogP contribution in [0.2, 0.25) is 0 Å². The fourth-order valence-electron chi connectivity index (χ4n) is 2.25. The predicted molar refractivity (Wildman–Crippen MR) is 84.4 cm³/mol. The summed E-state index contributed by atoms with van der Waals surface area (Å²) in [5.74, 6) is 1.06. The van der Waals surface area contributed by atoms with Crippen LogP contribution in [0.15, 0.2) is 41.6 Å². The first-order valence-electron chi connectivity index (χ1n) is 6.76. The van der Waals surface area contributed by atoms with E-state index in [1.54, 1.807) is 11.8 Å². The Bertz CT molecular complexity index is 720. The first-order valence-corrected chi connectivity index (χ1v) is 7.75. The average Bonchev–Trinajstić information content (AvgIpc) is 2.87. The lowest BCUT2D eigenvalue weighted by atomic mass is 10.2. The summed E-state index contributed by atoms with van der Waals surface area (Å²) in [4.78, 5) is 2.21. The molecule has 0 aliphatic rings. The van der Waals surface area contributed by atoms with Crippen LogP contribution in [0.25, 0.3) is 16.6 Å². The zero-order valence-corrected chi connectivity index (χ0v) is 12.6. The monoisotopic (exact) mass is 286 g/mol. The van der Waals surface area contributed by atoms with Crippen molar-refractivity contribution in [1.29, 1.82) is 0 Å². The second-order valence-corrected chi connectivity index (χ2v) is 6.14. The minimum atomic E-state index is 0.916. The summed E-state index contributed by atoms with van der Waals surface area (Å²) in [6.45, 7) is 1.10. The first kappa shape index (κ1) is 13.4. The molecule has 0 amide bonds. The minimum absolute atomic E-state index is 0.916. The molecule has 104 valence electrons. The van der Waals surface area contributed by atoms with Crippen molar-refractivity contribution in [3.63, 3.8) is 0 Å². The molecule has 1 aromatic carbocycles. The van der Waals surface area contributed by atoms with Gasteiger partial charge in [0.05, 0.1) is 5.52 Å². The Morgan fingerprint density at radius 3 is 2.80 bits per heavy atom. The summed E-state index contributed by atoms with van der Waals surface area (Å²) in [7, 11) is 4.20. The highest BCUT2D eigenvalue weighted by Crippen LogP contribution is 2.23. The molecule has 4 nitrogen and oxygen atoms in total. The number of hydrogen-bond acceptors (Lipinski definition) is 4. The number of thioether (sulfide) groups is 1. The summed E-state index contributed by atoms with van der Waals surface area (Å²) in [5, 5.41) is 10.8. The van der Waals surface area contributed by atoms with E-state index in [9.17, 15) is 0 Å². The molecular formula is C15H18N4S. The second-order valence-electron chi connectivity index (χ2n) is 5.07. The number of nitrogens with zero attached hydrogens (tertiary/aromatic N) is 4. The van der Waals surface area contributed by atoms with E-state index in [1.165, 1.54) is 10.9 Å². The van der Waals surface area contributed by atoms with Crippen LogP contribution in [-0.2, 0) is 0 Å². The Kier molecular flexibility index (Phi) is 3.89. The van der Waals surface area contributed by atoms with E-state index in [2.05, 4.69) is 63.9 Å². The van der Waals surface area contributed by atoms with Crippen LogP contribution in [-0.4, -0.2) is 45.9 Å². The van der Waals surface area contributed by atoms with Gasteiger partial charge in [0.15, 0.2) is 10.8 Å². The molecular weight excluding hydrogens is 268 g/mol. The Balaban J connectivity index is 1.89. The smallest absolute Gasteiger partial charge is 0.196 e. The number of pyridine rings is 1. The van der Waals surface area contributed by atoms with Crippen molar-refractivity contribution >= 4 is 28.3 Å². The standard InChI is InChI=1S/C15H18N4S/c1-18(2)10-5-11-20-15-17-16-14-9-8-12-6-3-4-7-13(12)19(14)15/h3-4,6-9H,5,10-11H2,1-2H3. The molecule has 0 atom stereocenters. The predicted octanol–water partition coefficient (Wildman–Crippen LogP) is 2.93. The van der Waals surface area contributed by atoms with Crippen molar-refractivity contribution < 1.29 is 0 Å². The Morgan fingerprint density at radius 2 is 1.95 bits per heavy atom. The summed E-state index contributed by atoms with van der Waals surface area (Å²) >= 11 is 1.78. The van der Waals surface area contributed by atoms with Gasteiger partial charge >= 0.3 is 0 Å². The van der Waals surface area contributed by atoms with Gasteiger partial charge in [-0.05, 0) is 50.6 Å². The zero-order valence-electron chi connectivity index (χ0n) is 11.8. The molecule has 0 aliphatic carbocycles. The van der Waals surface area contributed by atoms with Gasteiger partial charge in [0.1, 0.15) is 0 Å². The highest BCUT2D eigenvalue weighted by Gasteiger charge is 2.08. The SMILES string of the molecule is CN(C)CCCSc1nnc2ccc3ccccc3n12. The van der Waals surface area contributed by atoms with E-state index in [4.69, 9.17) is 0 Å². The molecule has 3 rings (SSSR count). The van der Waals surface area contributed by atoms with Crippen LogP contribution in [0.1, 0.15) is 6.42 Å². The highest BCUT2D eigenvalue weighted by molar-refractivity contribution is 7.99. The molecule has 20 heavy (non-hydrogen) atoms. The molecule has 0 radical (unpaired) electrons. The maximum absolute atomic E-state index is 4.32. The lowest BCUT2D eigenvalue weighted by Gasteiger charge is -2.08. The minimum Gasteiger partial charge on any atom is -0.309 e. The molecule has 0 N–H and O–H groups in total. The molecule has 0 fully saturated rings. The van der Waals surface area contributed by atoms with Crippen molar-refractivity contribution in [2.45, 2.75) is 11.6 Å². The third-order valence-electron chi connectivity index (χ3n) is 3.23. The number of para-hydroxylation sites is 1. The van der Waals surface area contributed by atoms with E-state index in [1.807, 2.05) is 6.07 Å². The number of benzene rings is 1. The van der Waals surface area contributed by atoms with E-state index in [-0.39, 0.29) is 0 Å². The van der Waals surface area contributed by atoms with Crippen molar-refractivity contribution in [3.8, 4) is 0 Å². The number of hydrogen-bond donors (Lipinski definition) is 0. The van der Waals surface area contributed by atoms with Crippen LogP contribution in [0.3, 0.4) is 0 Å². The molecule has 2 heterocycles.